The molecule has 0 saturated carbocycles. The van der Waals surface area contributed by atoms with Crippen LogP contribution in [0.5, 0.6) is 0 Å². The molecule has 6 nitrogen and oxygen atoms in total. The summed E-state index contributed by atoms with van der Waals surface area (Å²) in [5, 5.41) is 0. The lowest BCUT2D eigenvalue weighted by Crippen LogP contribution is -2.51. The van der Waals surface area contributed by atoms with Crippen LogP contribution in [0, 0.1) is 6.92 Å². The van der Waals surface area contributed by atoms with E-state index in [1.807, 2.05) is 31.2 Å². The second-order valence-corrected chi connectivity index (χ2v) is 6.77. The van der Waals surface area contributed by atoms with Gasteiger partial charge in [-0.25, -0.2) is 4.90 Å². The molecule has 1 unspecified atom stereocenters. The van der Waals surface area contributed by atoms with E-state index in [4.69, 9.17) is 9.47 Å². The fourth-order valence-electron chi connectivity index (χ4n) is 3.83. The Hall–Kier alpha value is -1.76. The van der Waals surface area contributed by atoms with E-state index in [0.29, 0.717) is 32.0 Å². The Labute approximate surface area is 141 Å². The summed E-state index contributed by atoms with van der Waals surface area (Å²) in [7, 11) is 0. The number of benzene rings is 1. The second kappa shape index (κ2) is 5.95. The predicted molar refractivity (Wildman–Crippen MR) is 87.5 cm³/mol. The molecule has 3 aliphatic heterocycles. The fraction of sp³-hybridized carbons (Fsp3) is 0.556. The average molecular weight is 330 g/mol. The standard InChI is InChI=1S/C18H22N2O4/c1-13-2-4-14(5-3-13)20-16(21)12-15(17(20)22)19-8-6-18(7-9-19)23-10-11-24-18/h2-5,15H,6-12H2,1H3. The van der Waals surface area contributed by atoms with Gasteiger partial charge in [0, 0.05) is 25.9 Å². The molecule has 0 aliphatic carbocycles. The van der Waals surface area contributed by atoms with Crippen LogP contribution in [0.15, 0.2) is 24.3 Å². The van der Waals surface area contributed by atoms with Crippen molar-refractivity contribution in [1.29, 1.82) is 0 Å². The molecule has 1 spiro atoms. The molecule has 0 N–H and O–H groups in total. The smallest absolute Gasteiger partial charge is 0.251 e. The van der Waals surface area contributed by atoms with Gasteiger partial charge in [-0.3, -0.25) is 14.5 Å². The molecule has 0 bridgehead atoms. The SMILES string of the molecule is Cc1ccc(N2C(=O)CC(N3CCC4(CC3)OCCO4)C2=O)cc1. The Kier molecular flexibility index (Phi) is 3.90. The zero-order valence-electron chi connectivity index (χ0n) is 13.9. The van der Waals surface area contributed by atoms with Crippen LogP contribution in [0.3, 0.4) is 0 Å². The quantitative estimate of drug-likeness (QED) is 0.769. The molecule has 3 fully saturated rings. The maximum absolute atomic E-state index is 12.8. The van der Waals surface area contributed by atoms with E-state index >= 15 is 0 Å². The number of amides is 2. The van der Waals surface area contributed by atoms with Crippen molar-refractivity contribution < 1.29 is 19.1 Å². The normalized spacial score (nSPS) is 27.4. The number of likely N-dealkylation sites (tertiary alicyclic amines) is 1. The third-order valence-electron chi connectivity index (χ3n) is 5.23. The Balaban J connectivity index is 1.47. The molecule has 0 aromatic heterocycles. The summed E-state index contributed by atoms with van der Waals surface area (Å²) in [6.45, 7) is 4.69. The highest BCUT2D eigenvalue weighted by Gasteiger charge is 2.47. The molecule has 128 valence electrons. The van der Waals surface area contributed by atoms with Crippen LogP contribution in [-0.2, 0) is 19.1 Å². The van der Waals surface area contributed by atoms with Gasteiger partial charge in [-0.1, -0.05) is 17.7 Å². The molecule has 2 amide bonds. The van der Waals surface area contributed by atoms with Crippen LogP contribution in [0.1, 0.15) is 24.8 Å². The van der Waals surface area contributed by atoms with Gasteiger partial charge in [0.1, 0.15) is 0 Å². The zero-order chi connectivity index (χ0) is 16.7. The van der Waals surface area contributed by atoms with Gasteiger partial charge in [-0.05, 0) is 19.1 Å². The van der Waals surface area contributed by atoms with Crippen molar-refractivity contribution >= 4 is 17.5 Å². The van der Waals surface area contributed by atoms with Crippen molar-refractivity contribution in [1.82, 2.24) is 4.90 Å². The van der Waals surface area contributed by atoms with E-state index in [9.17, 15) is 9.59 Å². The number of carbonyl (C=O) groups is 2. The van der Waals surface area contributed by atoms with Crippen molar-refractivity contribution in [2.45, 2.75) is 38.0 Å². The first kappa shape index (κ1) is 15.7. The predicted octanol–water partition coefficient (Wildman–Crippen LogP) is 1.47. The number of piperidine rings is 1. The van der Waals surface area contributed by atoms with Gasteiger partial charge in [0.25, 0.3) is 5.91 Å². The monoisotopic (exact) mass is 330 g/mol. The van der Waals surface area contributed by atoms with Gasteiger partial charge in [0.2, 0.25) is 5.91 Å². The molecule has 0 radical (unpaired) electrons. The highest BCUT2D eigenvalue weighted by Crippen LogP contribution is 2.34. The lowest BCUT2D eigenvalue weighted by atomic mass is 10.0. The highest BCUT2D eigenvalue weighted by atomic mass is 16.7. The van der Waals surface area contributed by atoms with Gasteiger partial charge in [-0.2, -0.15) is 0 Å². The Morgan fingerprint density at radius 2 is 1.67 bits per heavy atom. The maximum Gasteiger partial charge on any atom is 0.251 e. The van der Waals surface area contributed by atoms with E-state index in [-0.39, 0.29) is 24.3 Å². The number of anilines is 1. The third-order valence-corrected chi connectivity index (χ3v) is 5.23. The number of imide groups is 1. The second-order valence-electron chi connectivity index (χ2n) is 6.77. The lowest BCUT2D eigenvalue weighted by Gasteiger charge is -2.39. The molecular weight excluding hydrogens is 308 g/mol. The summed E-state index contributed by atoms with van der Waals surface area (Å²) in [6.07, 6.45) is 1.74. The van der Waals surface area contributed by atoms with E-state index in [0.717, 1.165) is 18.4 Å². The van der Waals surface area contributed by atoms with Gasteiger partial charge >= 0.3 is 0 Å². The number of rotatable bonds is 2. The van der Waals surface area contributed by atoms with Crippen LogP contribution in [0.4, 0.5) is 5.69 Å². The van der Waals surface area contributed by atoms with Gasteiger partial charge in [-0.15, -0.1) is 0 Å². The molecular formula is C18H22N2O4. The summed E-state index contributed by atoms with van der Waals surface area (Å²) in [5.41, 5.74) is 1.77. The largest absolute Gasteiger partial charge is 0.347 e. The number of ether oxygens (including phenoxy) is 2. The Morgan fingerprint density at radius 1 is 1.04 bits per heavy atom. The summed E-state index contributed by atoms with van der Waals surface area (Å²) in [5.74, 6) is -0.700. The van der Waals surface area contributed by atoms with Gasteiger partial charge < -0.3 is 9.47 Å². The molecule has 4 rings (SSSR count). The van der Waals surface area contributed by atoms with Crippen molar-refractivity contribution in [3.05, 3.63) is 29.8 Å². The highest BCUT2D eigenvalue weighted by molar-refractivity contribution is 6.22. The van der Waals surface area contributed by atoms with Gasteiger partial charge in [0.05, 0.1) is 31.4 Å². The third kappa shape index (κ3) is 2.64. The van der Waals surface area contributed by atoms with Gasteiger partial charge in [0.15, 0.2) is 5.79 Å². The van der Waals surface area contributed by atoms with Crippen molar-refractivity contribution in [2.75, 3.05) is 31.2 Å². The van der Waals surface area contributed by atoms with Crippen LogP contribution in [0.2, 0.25) is 0 Å². The lowest BCUT2D eigenvalue weighted by molar-refractivity contribution is -0.188. The number of carbonyl (C=O) groups excluding carboxylic acids is 2. The molecule has 1 aromatic rings. The molecule has 1 atom stereocenters. The maximum atomic E-state index is 12.8. The minimum atomic E-state index is -0.460. The molecule has 6 heteroatoms. The summed E-state index contributed by atoms with van der Waals surface area (Å²) in [4.78, 5) is 28.6. The topological polar surface area (TPSA) is 59.1 Å². The summed E-state index contributed by atoms with van der Waals surface area (Å²) in [6, 6.07) is 7.14. The minimum absolute atomic E-state index is 0.118. The molecule has 3 saturated heterocycles. The van der Waals surface area contributed by atoms with Crippen LogP contribution >= 0.6 is 0 Å². The number of nitrogens with zero attached hydrogens (tertiary/aromatic N) is 2. The number of hydrogen-bond donors (Lipinski definition) is 0. The van der Waals surface area contributed by atoms with E-state index in [1.165, 1.54) is 4.90 Å². The zero-order valence-corrected chi connectivity index (χ0v) is 13.9. The van der Waals surface area contributed by atoms with Crippen LogP contribution < -0.4 is 4.90 Å². The first-order chi connectivity index (χ1) is 11.6. The Morgan fingerprint density at radius 3 is 2.29 bits per heavy atom. The number of aryl methyl sites for hydroxylation is 1. The van der Waals surface area contributed by atoms with Crippen LogP contribution in [0.25, 0.3) is 0 Å². The Bertz CT molecular complexity index is 641. The molecule has 1 aromatic carbocycles. The van der Waals surface area contributed by atoms with E-state index in [1.54, 1.807) is 0 Å². The van der Waals surface area contributed by atoms with Crippen LogP contribution in [-0.4, -0.2) is 54.8 Å². The van der Waals surface area contributed by atoms with E-state index in [2.05, 4.69) is 4.90 Å². The first-order valence-electron chi connectivity index (χ1n) is 8.53. The van der Waals surface area contributed by atoms with Crippen molar-refractivity contribution in [2.24, 2.45) is 0 Å². The first-order valence-corrected chi connectivity index (χ1v) is 8.53. The average Bonchev–Trinajstić information content (AvgIpc) is 3.15. The van der Waals surface area contributed by atoms with Crippen molar-refractivity contribution in [3.63, 3.8) is 0 Å². The minimum Gasteiger partial charge on any atom is -0.347 e. The fourth-order valence-corrected chi connectivity index (χ4v) is 3.83. The van der Waals surface area contributed by atoms with Crippen molar-refractivity contribution in [3.8, 4) is 0 Å². The summed E-state index contributed by atoms with van der Waals surface area (Å²) >= 11 is 0. The molecule has 3 aliphatic rings. The summed E-state index contributed by atoms with van der Waals surface area (Å²) < 4.78 is 11.5. The van der Waals surface area contributed by atoms with E-state index < -0.39 is 5.79 Å². The molecule has 3 heterocycles. The number of hydrogen-bond acceptors (Lipinski definition) is 5. The molecule has 24 heavy (non-hydrogen) atoms.